The Morgan fingerprint density at radius 2 is 1.89 bits per heavy atom. The second-order valence-corrected chi connectivity index (χ2v) is 5.97. The Morgan fingerprint density at radius 1 is 1.16 bits per heavy atom. The maximum atomic E-state index is 11.8. The van der Waals surface area contributed by atoms with Crippen LogP contribution in [-0.4, -0.2) is 8.42 Å². The van der Waals surface area contributed by atoms with Crippen LogP contribution in [0.5, 0.6) is 11.5 Å². The molecule has 0 saturated carbocycles. The normalized spacial score (nSPS) is 16.0. The molecule has 3 rings (SSSR count). The summed E-state index contributed by atoms with van der Waals surface area (Å²) in [5.41, 5.74) is 6.97. The summed E-state index contributed by atoms with van der Waals surface area (Å²) < 4.78 is 31.6. The van der Waals surface area contributed by atoms with E-state index in [1.807, 2.05) is 18.2 Å². The van der Waals surface area contributed by atoms with E-state index < -0.39 is 10.0 Å². The SMILES string of the molecule is Nc1cc2c(cc1Oc1ccccc1)S(=O)(=O)NC2. The van der Waals surface area contributed by atoms with E-state index in [1.54, 1.807) is 18.2 Å². The number of nitrogen functional groups attached to an aromatic ring is 1. The smallest absolute Gasteiger partial charge is 0.241 e. The van der Waals surface area contributed by atoms with Gasteiger partial charge in [-0.15, -0.1) is 0 Å². The lowest BCUT2D eigenvalue weighted by Gasteiger charge is -2.10. The quantitative estimate of drug-likeness (QED) is 0.820. The first-order chi connectivity index (χ1) is 9.06. The average Bonchev–Trinajstić information content (AvgIpc) is 2.67. The lowest BCUT2D eigenvalue weighted by molar-refractivity contribution is 0.483. The second-order valence-electron chi connectivity index (χ2n) is 4.24. The van der Waals surface area contributed by atoms with Crippen LogP contribution in [0.1, 0.15) is 5.56 Å². The van der Waals surface area contributed by atoms with Gasteiger partial charge in [-0.25, -0.2) is 13.1 Å². The maximum absolute atomic E-state index is 11.8. The van der Waals surface area contributed by atoms with Gasteiger partial charge in [-0.1, -0.05) is 18.2 Å². The second kappa shape index (κ2) is 4.25. The molecule has 0 bridgehead atoms. The van der Waals surface area contributed by atoms with Crippen LogP contribution in [0.15, 0.2) is 47.4 Å². The minimum absolute atomic E-state index is 0.229. The van der Waals surface area contributed by atoms with Crippen LogP contribution in [0.25, 0.3) is 0 Å². The van der Waals surface area contributed by atoms with Crippen LogP contribution in [0.4, 0.5) is 5.69 Å². The maximum Gasteiger partial charge on any atom is 0.241 e. The van der Waals surface area contributed by atoms with Gasteiger partial charge in [-0.05, 0) is 23.8 Å². The fourth-order valence-electron chi connectivity index (χ4n) is 1.97. The molecule has 1 aliphatic rings. The van der Waals surface area contributed by atoms with Crippen LogP contribution in [0.3, 0.4) is 0 Å². The molecule has 0 saturated heterocycles. The Kier molecular flexibility index (Phi) is 2.69. The number of nitrogens with one attached hydrogen (secondary N) is 1. The van der Waals surface area contributed by atoms with E-state index in [0.29, 0.717) is 22.7 Å². The van der Waals surface area contributed by atoms with Crippen molar-refractivity contribution in [1.82, 2.24) is 4.72 Å². The van der Waals surface area contributed by atoms with Crippen molar-refractivity contribution >= 4 is 15.7 Å². The highest BCUT2D eigenvalue weighted by Gasteiger charge is 2.27. The number of anilines is 1. The third-order valence-electron chi connectivity index (χ3n) is 2.91. The predicted molar refractivity (Wildman–Crippen MR) is 71.4 cm³/mol. The van der Waals surface area contributed by atoms with Gasteiger partial charge in [-0.2, -0.15) is 0 Å². The zero-order valence-corrected chi connectivity index (χ0v) is 10.8. The lowest BCUT2D eigenvalue weighted by Crippen LogP contribution is -2.13. The summed E-state index contributed by atoms with van der Waals surface area (Å²) in [4.78, 5) is 0.229. The molecule has 5 nitrogen and oxygen atoms in total. The first-order valence-corrected chi connectivity index (χ1v) is 7.19. The van der Waals surface area contributed by atoms with E-state index in [4.69, 9.17) is 10.5 Å². The van der Waals surface area contributed by atoms with Gasteiger partial charge in [0.1, 0.15) is 5.75 Å². The Morgan fingerprint density at radius 3 is 2.63 bits per heavy atom. The van der Waals surface area contributed by atoms with Crippen molar-refractivity contribution in [2.75, 3.05) is 5.73 Å². The fraction of sp³-hybridized carbons (Fsp3) is 0.0769. The van der Waals surface area contributed by atoms with Gasteiger partial charge in [0.15, 0.2) is 5.75 Å². The number of fused-ring (bicyclic) bond motifs is 1. The molecule has 6 heteroatoms. The largest absolute Gasteiger partial charge is 0.455 e. The molecular formula is C13H12N2O3S. The number of rotatable bonds is 2. The molecule has 1 aliphatic heterocycles. The van der Waals surface area contributed by atoms with Gasteiger partial charge in [0.2, 0.25) is 10.0 Å². The molecule has 2 aromatic rings. The molecule has 19 heavy (non-hydrogen) atoms. The van der Waals surface area contributed by atoms with E-state index >= 15 is 0 Å². The molecule has 0 aliphatic carbocycles. The summed E-state index contributed by atoms with van der Waals surface area (Å²) in [7, 11) is -3.42. The van der Waals surface area contributed by atoms with E-state index in [2.05, 4.69) is 4.72 Å². The van der Waals surface area contributed by atoms with Crippen molar-refractivity contribution in [3.8, 4) is 11.5 Å². The van der Waals surface area contributed by atoms with Gasteiger partial charge >= 0.3 is 0 Å². The number of ether oxygens (including phenoxy) is 1. The van der Waals surface area contributed by atoms with E-state index in [1.165, 1.54) is 6.07 Å². The number of sulfonamides is 1. The van der Waals surface area contributed by atoms with E-state index in [9.17, 15) is 8.42 Å². The summed E-state index contributed by atoms with van der Waals surface area (Å²) in [6, 6.07) is 12.2. The zero-order valence-electron chi connectivity index (χ0n) is 9.96. The van der Waals surface area contributed by atoms with Gasteiger partial charge in [0, 0.05) is 12.6 Å². The summed E-state index contributed by atoms with van der Waals surface area (Å²) in [5, 5.41) is 0. The van der Waals surface area contributed by atoms with E-state index in [0.717, 1.165) is 0 Å². The highest BCUT2D eigenvalue weighted by atomic mass is 32.2. The standard InChI is InChI=1S/C13H12N2O3S/c14-11-6-9-8-15-19(16,17)13(9)7-12(11)18-10-4-2-1-3-5-10/h1-7,15H,8,14H2. The third-order valence-corrected chi connectivity index (χ3v) is 4.39. The zero-order chi connectivity index (χ0) is 13.5. The Balaban J connectivity index is 2.04. The number of hydrogen-bond donors (Lipinski definition) is 2. The predicted octanol–water partition coefficient (Wildman–Crippen LogP) is 1.85. The Hall–Kier alpha value is -2.05. The molecule has 98 valence electrons. The van der Waals surface area contributed by atoms with E-state index in [-0.39, 0.29) is 11.4 Å². The van der Waals surface area contributed by atoms with Crippen molar-refractivity contribution in [2.24, 2.45) is 0 Å². The van der Waals surface area contributed by atoms with Gasteiger partial charge in [0.05, 0.1) is 10.6 Å². The molecule has 1 heterocycles. The van der Waals surface area contributed by atoms with Crippen molar-refractivity contribution in [1.29, 1.82) is 0 Å². The van der Waals surface area contributed by atoms with Crippen LogP contribution < -0.4 is 15.2 Å². The molecule has 0 spiro atoms. The minimum Gasteiger partial charge on any atom is -0.455 e. The van der Waals surface area contributed by atoms with Crippen molar-refractivity contribution in [3.05, 3.63) is 48.0 Å². The number of nitrogens with two attached hydrogens (primary N) is 1. The summed E-state index contributed by atoms with van der Waals surface area (Å²) in [5.74, 6) is 0.953. The Bertz CT molecular complexity index is 727. The van der Waals surface area contributed by atoms with Crippen molar-refractivity contribution < 1.29 is 13.2 Å². The van der Waals surface area contributed by atoms with Crippen LogP contribution in [-0.2, 0) is 16.6 Å². The number of para-hydroxylation sites is 1. The molecule has 0 radical (unpaired) electrons. The third kappa shape index (κ3) is 2.16. The van der Waals surface area contributed by atoms with Gasteiger partial charge in [-0.3, -0.25) is 0 Å². The van der Waals surface area contributed by atoms with Crippen molar-refractivity contribution in [3.63, 3.8) is 0 Å². The number of hydrogen-bond acceptors (Lipinski definition) is 4. The minimum atomic E-state index is -3.42. The van der Waals surface area contributed by atoms with Crippen LogP contribution >= 0.6 is 0 Å². The van der Waals surface area contributed by atoms with Crippen LogP contribution in [0, 0.1) is 0 Å². The highest BCUT2D eigenvalue weighted by molar-refractivity contribution is 7.89. The average molecular weight is 276 g/mol. The molecule has 0 aromatic heterocycles. The highest BCUT2D eigenvalue weighted by Crippen LogP contribution is 2.34. The van der Waals surface area contributed by atoms with Crippen LogP contribution in [0.2, 0.25) is 0 Å². The van der Waals surface area contributed by atoms with Gasteiger partial charge in [0.25, 0.3) is 0 Å². The first-order valence-electron chi connectivity index (χ1n) is 5.71. The summed E-state index contributed by atoms with van der Waals surface area (Å²) in [6.07, 6.45) is 0. The molecule has 2 aromatic carbocycles. The molecule has 3 N–H and O–H groups in total. The number of benzene rings is 2. The summed E-state index contributed by atoms with van der Waals surface area (Å²) in [6.45, 7) is 0.271. The fourth-order valence-corrected chi connectivity index (χ4v) is 3.21. The topological polar surface area (TPSA) is 81.4 Å². The first kappa shape index (κ1) is 12.0. The molecule has 0 unspecified atom stereocenters. The Labute approximate surface area is 111 Å². The summed E-state index contributed by atoms with van der Waals surface area (Å²) >= 11 is 0. The van der Waals surface area contributed by atoms with Crippen molar-refractivity contribution in [2.45, 2.75) is 11.4 Å². The monoisotopic (exact) mass is 276 g/mol. The molecule has 0 atom stereocenters. The lowest BCUT2D eigenvalue weighted by atomic mass is 10.2. The molecule has 0 fully saturated rings. The van der Waals surface area contributed by atoms with Gasteiger partial charge < -0.3 is 10.5 Å². The molecular weight excluding hydrogens is 264 g/mol. The molecule has 0 amide bonds.